The summed E-state index contributed by atoms with van der Waals surface area (Å²) in [6.07, 6.45) is 1.67. The SMILES string of the molecule is Cc1ccc(COc2ccc(-n3c(C)cc(/C=C4/C(=O)NN(c5ccccc5)C4=O)c3C)cc2)cc1. The van der Waals surface area contributed by atoms with Gasteiger partial charge in [-0.2, -0.15) is 0 Å². The number of benzene rings is 3. The molecular weight excluding hydrogens is 450 g/mol. The number of rotatable bonds is 6. The van der Waals surface area contributed by atoms with E-state index in [1.165, 1.54) is 10.6 Å². The van der Waals surface area contributed by atoms with Gasteiger partial charge in [-0.15, -0.1) is 0 Å². The maximum Gasteiger partial charge on any atom is 0.282 e. The maximum absolute atomic E-state index is 13.0. The summed E-state index contributed by atoms with van der Waals surface area (Å²) in [5.41, 5.74) is 9.46. The second-order valence-corrected chi connectivity index (χ2v) is 8.91. The van der Waals surface area contributed by atoms with Gasteiger partial charge in [-0.1, -0.05) is 48.0 Å². The molecule has 1 aromatic heterocycles. The summed E-state index contributed by atoms with van der Waals surface area (Å²) in [7, 11) is 0. The third-order valence-corrected chi connectivity index (χ3v) is 6.30. The molecule has 5 rings (SSSR count). The van der Waals surface area contributed by atoms with Crippen LogP contribution in [-0.4, -0.2) is 16.4 Å². The highest BCUT2D eigenvalue weighted by molar-refractivity contribution is 6.31. The van der Waals surface area contributed by atoms with E-state index in [4.69, 9.17) is 4.74 Å². The van der Waals surface area contributed by atoms with Gasteiger partial charge in [-0.25, -0.2) is 5.01 Å². The van der Waals surface area contributed by atoms with Gasteiger partial charge in [0.25, 0.3) is 11.8 Å². The number of para-hydroxylation sites is 1. The van der Waals surface area contributed by atoms with Crippen molar-refractivity contribution in [1.29, 1.82) is 0 Å². The number of anilines is 1. The molecule has 1 aliphatic heterocycles. The molecule has 0 saturated carbocycles. The molecule has 0 atom stereocenters. The summed E-state index contributed by atoms with van der Waals surface area (Å²) in [5.74, 6) is 0.00757. The number of carbonyl (C=O) groups excluding carboxylic acids is 2. The number of ether oxygens (including phenoxy) is 1. The Balaban J connectivity index is 1.35. The quantitative estimate of drug-likeness (QED) is 0.297. The summed E-state index contributed by atoms with van der Waals surface area (Å²) in [4.78, 5) is 25.6. The third kappa shape index (κ3) is 4.53. The van der Waals surface area contributed by atoms with E-state index in [-0.39, 0.29) is 11.5 Å². The van der Waals surface area contributed by atoms with Gasteiger partial charge >= 0.3 is 0 Å². The molecule has 1 fully saturated rings. The van der Waals surface area contributed by atoms with Crippen LogP contribution in [0.4, 0.5) is 5.69 Å². The molecule has 1 N–H and O–H groups in total. The van der Waals surface area contributed by atoms with Gasteiger partial charge in [0.15, 0.2) is 0 Å². The van der Waals surface area contributed by atoms with Gasteiger partial charge in [-0.05, 0) is 80.4 Å². The van der Waals surface area contributed by atoms with Gasteiger partial charge in [0.2, 0.25) is 0 Å². The first-order valence-electron chi connectivity index (χ1n) is 11.8. The lowest BCUT2D eigenvalue weighted by molar-refractivity contribution is -0.117. The van der Waals surface area contributed by atoms with Gasteiger partial charge < -0.3 is 9.30 Å². The molecule has 0 radical (unpaired) electrons. The molecule has 0 bridgehead atoms. The Bertz CT molecular complexity index is 1450. The molecule has 6 heteroatoms. The van der Waals surface area contributed by atoms with E-state index in [9.17, 15) is 9.59 Å². The molecule has 2 amide bonds. The molecule has 6 nitrogen and oxygen atoms in total. The lowest BCUT2D eigenvalue weighted by Gasteiger charge is -2.13. The largest absolute Gasteiger partial charge is 0.489 e. The highest BCUT2D eigenvalue weighted by Crippen LogP contribution is 2.27. The van der Waals surface area contributed by atoms with Crippen LogP contribution in [0.1, 0.15) is 28.1 Å². The second kappa shape index (κ2) is 9.58. The third-order valence-electron chi connectivity index (χ3n) is 6.30. The molecule has 36 heavy (non-hydrogen) atoms. The number of aromatic nitrogens is 1. The van der Waals surface area contributed by atoms with Crippen molar-refractivity contribution in [2.75, 3.05) is 5.01 Å². The van der Waals surface area contributed by atoms with Crippen LogP contribution in [0.25, 0.3) is 11.8 Å². The summed E-state index contributed by atoms with van der Waals surface area (Å²) >= 11 is 0. The second-order valence-electron chi connectivity index (χ2n) is 8.91. The first-order valence-corrected chi connectivity index (χ1v) is 11.8. The van der Waals surface area contributed by atoms with Gasteiger partial charge in [0, 0.05) is 17.1 Å². The lowest BCUT2D eigenvalue weighted by atomic mass is 10.1. The zero-order valence-corrected chi connectivity index (χ0v) is 20.5. The van der Waals surface area contributed by atoms with Crippen molar-refractivity contribution in [2.24, 2.45) is 0 Å². The van der Waals surface area contributed by atoms with Crippen LogP contribution in [0.15, 0.2) is 90.5 Å². The highest BCUT2D eigenvalue weighted by atomic mass is 16.5. The van der Waals surface area contributed by atoms with Crippen molar-refractivity contribution in [3.8, 4) is 11.4 Å². The number of aryl methyl sites for hydroxylation is 2. The van der Waals surface area contributed by atoms with Crippen LogP contribution >= 0.6 is 0 Å². The summed E-state index contributed by atoms with van der Waals surface area (Å²) in [5, 5.41) is 1.28. The van der Waals surface area contributed by atoms with Crippen molar-refractivity contribution in [3.05, 3.63) is 119 Å². The van der Waals surface area contributed by atoms with E-state index in [1.54, 1.807) is 18.2 Å². The fraction of sp³-hybridized carbons (Fsp3) is 0.133. The van der Waals surface area contributed by atoms with Crippen molar-refractivity contribution < 1.29 is 14.3 Å². The number of hydrogen-bond acceptors (Lipinski definition) is 3. The molecule has 0 unspecified atom stereocenters. The van der Waals surface area contributed by atoms with E-state index in [2.05, 4.69) is 41.2 Å². The molecule has 0 aliphatic carbocycles. The number of nitrogens with one attached hydrogen (secondary N) is 1. The van der Waals surface area contributed by atoms with Crippen LogP contribution < -0.4 is 15.2 Å². The predicted octanol–water partition coefficient (Wildman–Crippen LogP) is 5.44. The predicted molar refractivity (Wildman–Crippen MR) is 141 cm³/mol. The first kappa shape index (κ1) is 23.2. The maximum atomic E-state index is 13.0. The molecule has 4 aromatic rings. The number of nitrogens with zero attached hydrogens (tertiary/aromatic N) is 2. The van der Waals surface area contributed by atoms with Gasteiger partial charge in [-0.3, -0.25) is 15.0 Å². The molecular formula is C30H27N3O3. The summed E-state index contributed by atoms with van der Waals surface area (Å²) in [6.45, 7) is 6.56. The highest BCUT2D eigenvalue weighted by Gasteiger charge is 2.34. The topological polar surface area (TPSA) is 63.6 Å². The zero-order valence-electron chi connectivity index (χ0n) is 20.5. The average Bonchev–Trinajstić information content (AvgIpc) is 3.33. The summed E-state index contributed by atoms with van der Waals surface area (Å²) in [6, 6.07) is 27.3. The Hall–Kier alpha value is -4.58. The van der Waals surface area contributed by atoms with Crippen molar-refractivity contribution in [1.82, 2.24) is 9.99 Å². The molecule has 1 saturated heterocycles. The fourth-order valence-corrected chi connectivity index (χ4v) is 4.35. The molecule has 0 spiro atoms. The Morgan fingerprint density at radius 1 is 0.833 bits per heavy atom. The lowest BCUT2D eigenvalue weighted by Crippen LogP contribution is -2.35. The Morgan fingerprint density at radius 2 is 1.53 bits per heavy atom. The van der Waals surface area contributed by atoms with Crippen LogP contribution in [0.3, 0.4) is 0 Å². The van der Waals surface area contributed by atoms with E-state index in [0.29, 0.717) is 12.3 Å². The van der Waals surface area contributed by atoms with Crippen LogP contribution in [0.2, 0.25) is 0 Å². The van der Waals surface area contributed by atoms with Gasteiger partial charge in [0.1, 0.15) is 17.9 Å². The first-order chi connectivity index (χ1) is 17.4. The molecule has 2 heterocycles. The molecule has 1 aliphatic rings. The fourth-order valence-electron chi connectivity index (χ4n) is 4.35. The summed E-state index contributed by atoms with van der Waals surface area (Å²) < 4.78 is 8.04. The number of carbonyl (C=O) groups is 2. The normalized spacial score (nSPS) is 14.4. The van der Waals surface area contributed by atoms with Crippen LogP contribution in [0, 0.1) is 20.8 Å². The minimum absolute atomic E-state index is 0.110. The van der Waals surface area contributed by atoms with E-state index >= 15 is 0 Å². The monoisotopic (exact) mass is 477 g/mol. The van der Waals surface area contributed by atoms with Crippen molar-refractivity contribution in [2.45, 2.75) is 27.4 Å². The smallest absolute Gasteiger partial charge is 0.282 e. The minimum atomic E-state index is -0.413. The number of hydrogen-bond donors (Lipinski definition) is 1. The van der Waals surface area contributed by atoms with E-state index < -0.39 is 5.91 Å². The zero-order chi connectivity index (χ0) is 25.2. The minimum Gasteiger partial charge on any atom is -0.489 e. The van der Waals surface area contributed by atoms with Crippen LogP contribution in [0.5, 0.6) is 5.75 Å². The van der Waals surface area contributed by atoms with Gasteiger partial charge in [0.05, 0.1) is 5.69 Å². The van der Waals surface area contributed by atoms with E-state index in [0.717, 1.165) is 34.0 Å². The van der Waals surface area contributed by atoms with Crippen LogP contribution in [-0.2, 0) is 16.2 Å². The Morgan fingerprint density at radius 3 is 2.22 bits per heavy atom. The average molecular weight is 478 g/mol. The standard InChI is InChI=1S/C30H27N3O3/c1-20-9-11-23(12-10-20)19-36-27-15-13-25(14-16-27)32-21(2)17-24(22(32)3)18-28-29(34)31-33(30(28)35)26-7-5-4-6-8-26/h4-18H,19H2,1-3H3,(H,31,34)/b28-18-. The number of hydrazine groups is 1. The Labute approximate surface area is 210 Å². The van der Waals surface area contributed by atoms with Crippen molar-refractivity contribution in [3.63, 3.8) is 0 Å². The molecule has 3 aromatic carbocycles. The van der Waals surface area contributed by atoms with Crippen molar-refractivity contribution >= 4 is 23.6 Å². The van der Waals surface area contributed by atoms with E-state index in [1.807, 2.05) is 62.4 Å². The Kier molecular flexibility index (Phi) is 6.17. The number of amides is 2. The molecule has 180 valence electrons.